The lowest BCUT2D eigenvalue weighted by Crippen LogP contribution is -2.50. The number of phenols is 2. The van der Waals surface area contributed by atoms with Crippen molar-refractivity contribution in [1.82, 2.24) is 9.80 Å². The molecule has 0 aromatic heterocycles. The van der Waals surface area contributed by atoms with E-state index in [0.29, 0.717) is 39.0 Å². The lowest BCUT2D eigenvalue weighted by atomic mass is 9.87. The smallest absolute Gasteiger partial charge is 0.254 e. The number of piperazine rings is 1. The maximum atomic E-state index is 13.4. The quantitative estimate of drug-likeness (QED) is 0.330. The van der Waals surface area contributed by atoms with Crippen LogP contribution in [0.2, 0.25) is 0 Å². The molecule has 0 aliphatic carbocycles. The summed E-state index contributed by atoms with van der Waals surface area (Å²) in [5.41, 5.74) is 2.18. The largest absolute Gasteiger partial charge is 0.504 e. The number of unbranched alkanes of at least 4 members (excludes halogenated alkanes) is 1. The van der Waals surface area contributed by atoms with Crippen LogP contribution in [0, 0.1) is 11.6 Å². The van der Waals surface area contributed by atoms with Gasteiger partial charge in [0.15, 0.2) is 11.5 Å². The molecule has 1 aliphatic heterocycles. The van der Waals surface area contributed by atoms with Gasteiger partial charge < -0.3 is 20.0 Å². The number of nitrogens with zero attached hydrogens (tertiary/aromatic N) is 2. The van der Waals surface area contributed by atoms with Crippen LogP contribution in [0.25, 0.3) is 0 Å². The molecule has 1 aliphatic rings. The van der Waals surface area contributed by atoms with Crippen molar-refractivity contribution < 1.29 is 28.6 Å². The molecule has 0 spiro atoms. The Kier molecular flexibility index (Phi) is 8.38. The van der Waals surface area contributed by atoms with Crippen molar-refractivity contribution >= 4 is 11.8 Å². The minimum absolute atomic E-state index is 0.0230. The van der Waals surface area contributed by atoms with Gasteiger partial charge in [-0.25, -0.2) is 8.78 Å². The van der Waals surface area contributed by atoms with Gasteiger partial charge in [-0.15, -0.1) is 0 Å². The molecule has 0 saturated carbocycles. The minimum atomic E-state index is -0.347. The lowest BCUT2D eigenvalue weighted by molar-refractivity contribution is -0.132. The van der Waals surface area contributed by atoms with Crippen LogP contribution >= 0.6 is 0 Å². The maximum Gasteiger partial charge on any atom is 0.254 e. The molecule has 0 bridgehead atoms. The molecule has 2 amide bonds. The van der Waals surface area contributed by atoms with E-state index >= 15 is 0 Å². The SMILES string of the molecule is O=C(CCCCC(c1ccc(F)cc1)c1ccc(F)cc1)N1CCN(C(=O)c2ccc(O)c(O)c2)CC1. The van der Waals surface area contributed by atoms with Crippen LogP contribution in [0.5, 0.6) is 11.5 Å². The normalized spacial score (nSPS) is 13.7. The van der Waals surface area contributed by atoms with Gasteiger partial charge in [-0.2, -0.15) is 0 Å². The Bertz CT molecular complexity index is 1180. The highest BCUT2D eigenvalue weighted by molar-refractivity contribution is 5.95. The fourth-order valence-corrected chi connectivity index (χ4v) is 4.70. The first kappa shape index (κ1) is 26.1. The van der Waals surface area contributed by atoms with Crippen molar-refractivity contribution in [3.63, 3.8) is 0 Å². The number of phenolic OH excluding ortho intramolecular Hbond substituents is 2. The van der Waals surface area contributed by atoms with Crippen molar-refractivity contribution in [2.75, 3.05) is 26.2 Å². The third kappa shape index (κ3) is 6.64. The van der Waals surface area contributed by atoms with Gasteiger partial charge >= 0.3 is 0 Å². The Labute approximate surface area is 214 Å². The first-order valence-electron chi connectivity index (χ1n) is 12.4. The average Bonchev–Trinajstić information content (AvgIpc) is 2.91. The van der Waals surface area contributed by atoms with Gasteiger partial charge in [0.2, 0.25) is 5.91 Å². The summed E-state index contributed by atoms with van der Waals surface area (Å²) in [6.07, 6.45) is 2.59. The van der Waals surface area contributed by atoms with E-state index in [0.717, 1.165) is 24.0 Å². The summed E-state index contributed by atoms with van der Waals surface area (Å²) in [5.74, 6) is -1.49. The van der Waals surface area contributed by atoms with E-state index in [1.165, 1.54) is 42.5 Å². The summed E-state index contributed by atoms with van der Waals surface area (Å²) >= 11 is 0. The maximum absolute atomic E-state index is 13.4. The second-order valence-corrected chi connectivity index (χ2v) is 9.28. The summed E-state index contributed by atoms with van der Waals surface area (Å²) in [6, 6.07) is 16.6. The van der Waals surface area contributed by atoms with Gasteiger partial charge in [-0.1, -0.05) is 30.7 Å². The monoisotopic (exact) mass is 508 g/mol. The molecule has 6 nitrogen and oxygen atoms in total. The van der Waals surface area contributed by atoms with E-state index in [4.69, 9.17) is 0 Å². The van der Waals surface area contributed by atoms with Crippen molar-refractivity contribution in [1.29, 1.82) is 0 Å². The standard InChI is InChI=1S/C29H30F2N2O4/c30-23-10-5-20(6-11-23)25(21-7-12-24(31)13-8-21)3-1-2-4-28(36)32-15-17-33(18-16-32)29(37)22-9-14-26(34)27(35)19-22/h5-14,19,25,34-35H,1-4,15-18H2. The second-order valence-electron chi connectivity index (χ2n) is 9.28. The van der Waals surface area contributed by atoms with E-state index in [1.54, 1.807) is 34.1 Å². The molecule has 1 fully saturated rings. The molecule has 2 N–H and O–H groups in total. The third-order valence-corrected chi connectivity index (χ3v) is 6.82. The molecule has 4 rings (SSSR count). The van der Waals surface area contributed by atoms with Gasteiger partial charge in [-0.3, -0.25) is 9.59 Å². The number of carbonyl (C=O) groups excluding carboxylic acids is 2. The molecule has 0 unspecified atom stereocenters. The fraction of sp³-hybridized carbons (Fsp3) is 0.310. The molecule has 194 valence electrons. The highest BCUT2D eigenvalue weighted by Gasteiger charge is 2.25. The minimum Gasteiger partial charge on any atom is -0.504 e. The molecular weight excluding hydrogens is 478 g/mol. The summed E-state index contributed by atoms with van der Waals surface area (Å²) in [6.45, 7) is 1.65. The zero-order chi connectivity index (χ0) is 26.4. The third-order valence-electron chi connectivity index (χ3n) is 6.82. The molecule has 0 atom stereocenters. The van der Waals surface area contributed by atoms with E-state index < -0.39 is 0 Å². The van der Waals surface area contributed by atoms with Crippen molar-refractivity contribution in [3.8, 4) is 11.5 Å². The molecule has 1 heterocycles. The van der Waals surface area contributed by atoms with Crippen LogP contribution in [0.1, 0.15) is 53.1 Å². The van der Waals surface area contributed by atoms with Crippen LogP contribution in [0.15, 0.2) is 66.7 Å². The number of hydrogen-bond acceptors (Lipinski definition) is 4. The summed E-state index contributed by atoms with van der Waals surface area (Å²) in [4.78, 5) is 28.8. The fourth-order valence-electron chi connectivity index (χ4n) is 4.70. The number of halogens is 2. The Morgan fingerprint density at radius 1 is 0.730 bits per heavy atom. The average molecular weight is 509 g/mol. The van der Waals surface area contributed by atoms with Gasteiger partial charge in [0.05, 0.1) is 0 Å². The van der Waals surface area contributed by atoms with E-state index in [1.807, 2.05) is 0 Å². The van der Waals surface area contributed by atoms with Crippen LogP contribution in [0.4, 0.5) is 8.78 Å². The Morgan fingerprint density at radius 3 is 1.81 bits per heavy atom. The van der Waals surface area contributed by atoms with E-state index in [-0.39, 0.29) is 46.4 Å². The van der Waals surface area contributed by atoms with Crippen LogP contribution < -0.4 is 0 Å². The van der Waals surface area contributed by atoms with Crippen molar-refractivity contribution in [3.05, 3.63) is 95.1 Å². The molecule has 0 radical (unpaired) electrons. The summed E-state index contributed by atoms with van der Waals surface area (Å²) in [7, 11) is 0. The number of hydrogen-bond donors (Lipinski definition) is 2. The second kappa shape index (κ2) is 11.9. The molecule has 3 aromatic carbocycles. The summed E-state index contributed by atoms with van der Waals surface area (Å²) in [5, 5.41) is 19.1. The highest BCUT2D eigenvalue weighted by atomic mass is 19.1. The molecule has 1 saturated heterocycles. The van der Waals surface area contributed by atoms with Gasteiger partial charge in [0, 0.05) is 44.1 Å². The van der Waals surface area contributed by atoms with Gasteiger partial charge in [0.1, 0.15) is 11.6 Å². The first-order valence-corrected chi connectivity index (χ1v) is 12.4. The van der Waals surface area contributed by atoms with Crippen LogP contribution in [-0.2, 0) is 4.79 Å². The van der Waals surface area contributed by atoms with Crippen LogP contribution in [-0.4, -0.2) is 58.0 Å². The Morgan fingerprint density at radius 2 is 1.27 bits per heavy atom. The highest BCUT2D eigenvalue weighted by Crippen LogP contribution is 2.31. The van der Waals surface area contributed by atoms with Crippen molar-refractivity contribution in [2.24, 2.45) is 0 Å². The van der Waals surface area contributed by atoms with E-state index in [2.05, 4.69) is 0 Å². The molecular formula is C29H30F2N2O4. The number of aromatic hydroxyl groups is 2. The molecule has 8 heteroatoms. The predicted molar refractivity (Wildman–Crippen MR) is 135 cm³/mol. The number of rotatable bonds is 8. The first-order chi connectivity index (χ1) is 17.8. The predicted octanol–water partition coefficient (Wildman–Crippen LogP) is 5.05. The van der Waals surface area contributed by atoms with Crippen LogP contribution in [0.3, 0.4) is 0 Å². The summed E-state index contributed by atoms with van der Waals surface area (Å²) < 4.78 is 26.9. The zero-order valence-corrected chi connectivity index (χ0v) is 20.4. The number of benzene rings is 3. The number of carbonyl (C=O) groups is 2. The molecule has 3 aromatic rings. The van der Waals surface area contributed by atoms with Gasteiger partial charge in [-0.05, 0) is 66.4 Å². The Balaban J connectivity index is 1.26. The Hall–Kier alpha value is -3.94. The molecule has 37 heavy (non-hydrogen) atoms. The number of amides is 2. The lowest BCUT2D eigenvalue weighted by Gasteiger charge is -2.35. The van der Waals surface area contributed by atoms with Crippen molar-refractivity contribution in [2.45, 2.75) is 31.6 Å². The topological polar surface area (TPSA) is 81.1 Å². The van der Waals surface area contributed by atoms with Gasteiger partial charge in [0.25, 0.3) is 5.91 Å². The van der Waals surface area contributed by atoms with E-state index in [9.17, 15) is 28.6 Å². The zero-order valence-electron chi connectivity index (χ0n) is 20.4.